The Morgan fingerprint density at radius 2 is 2.46 bits per heavy atom. The molecule has 0 aliphatic rings. The lowest BCUT2D eigenvalue weighted by atomic mass is 10.2. The van der Waals surface area contributed by atoms with Gasteiger partial charge in [-0.3, -0.25) is 0 Å². The van der Waals surface area contributed by atoms with E-state index in [1.165, 1.54) is 6.21 Å². The van der Waals surface area contributed by atoms with Gasteiger partial charge in [0.15, 0.2) is 0 Å². The maximum atomic E-state index is 8.31. The lowest BCUT2D eigenvalue weighted by Crippen LogP contribution is -1.83. The van der Waals surface area contributed by atoms with Gasteiger partial charge in [-0.05, 0) is 13.0 Å². The van der Waals surface area contributed by atoms with Crippen molar-refractivity contribution in [3.63, 3.8) is 0 Å². The predicted octanol–water partition coefficient (Wildman–Crippen LogP) is 1.34. The van der Waals surface area contributed by atoms with Crippen molar-refractivity contribution in [2.75, 3.05) is 0 Å². The Morgan fingerprint density at radius 3 is 3.23 bits per heavy atom. The highest BCUT2D eigenvalue weighted by atomic mass is 16.5. The Hall–Kier alpha value is -1.91. The van der Waals surface area contributed by atoms with Crippen LogP contribution in [0.4, 0.5) is 0 Å². The molecule has 2 rings (SSSR count). The number of aryl methyl sites for hydroxylation is 1. The van der Waals surface area contributed by atoms with Crippen LogP contribution in [-0.2, 0) is 0 Å². The molecule has 0 saturated heterocycles. The third kappa shape index (κ3) is 1.24. The Balaban J connectivity index is 2.65. The lowest BCUT2D eigenvalue weighted by Gasteiger charge is -1.89. The summed E-state index contributed by atoms with van der Waals surface area (Å²) in [6, 6.07) is 1.80. The summed E-state index contributed by atoms with van der Waals surface area (Å²) in [5, 5.41) is 15.8. The van der Waals surface area contributed by atoms with Crippen LogP contribution in [0.15, 0.2) is 21.9 Å². The molecule has 0 saturated carbocycles. The molecule has 0 unspecified atom stereocenters. The van der Waals surface area contributed by atoms with E-state index in [9.17, 15) is 0 Å². The fraction of sp³-hybridized carbons (Fsp3) is 0.125. The van der Waals surface area contributed by atoms with E-state index in [1.54, 1.807) is 12.3 Å². The molecule has 0 aliphatic heterocycles. The zero-order chi connectivity index (χ0) is 9.26. The second kappa shape index (κ2) is 2.85. The van der Waals surface area contributed by atoms with Crippen molar-refractivity contribution >= 4 is 17.3 Å². The van der Waals surface area contributed by atoms with E-state index in [1.807, 2.05) is 6.92 Å². The smallest absolute Gasteiger partial charge is 0.257 e. The van der Waals surface area contributed by atoms with E-state index in [2.05, 4.69) is 15.3 Å². The summed E-state index contributed by atoms with van der Waals surface area (Å²) in [5.74, 6) is 0. The summed E-state index contributed by atoms with van der Waals surface area (Å²) in [4.78, 5) is 3.99. The summed E-state index contributed by atoms with van der Waals surface area (Å²) in [6.45, 7) is 1.83. The van der Waals surface area contributed by atoms with E-state index < -0.39 is 0 Å². The van der Waals surface area contributed by atoms with Gasteiger partial charge in [-0.2, -0.15) is 0 Å². The summed E-state index contributed by atoms with van der Waals surface area (Å²) in [7, 11) is 0. The van der Waals surface area contributed by atoms with E-state index in [0.717, 1.165) is 11.1 Å². The molecule has 0 bridgehead atoms. The molecule has 1 N–H and O–H groups in total. The highest BCUT2D eigenvalue weighted by Crippen LogP contribution is 2.15. The highest BCUT2D eigenvalue weighted by Gasteiger charge is 2.04. The average molecular weight is 177 g/mol. The number of pyridine rings is 1. The van der Waals surface area contributed by atoms with Crippen LogP contribution in [0.3, 0.4) is 0 Å². The van der Waals surface area contributed by atoms with Crippen LogP contribution in [0, 0.1) is 6.92 Å². The van der Waals surface area contributed by atoms with Gasteiger partial charge in [0.2, 0.25) is 0 Å². The van der Waals surface area contributed by atoms with Crippen molar-refractivity contribution in [3.05, 3.63) is 23.5 Å². The first-order valence-electron chi connectivity index (χ1n) is 3.71. The summed E-state index contributed by atoms with van der Waals surface area (Å²) in [6.07, 6.45) is 2.85. The summed E-state index contributed by atoms with van der Waals surface area (Å²) in [5.41, 5.74) is 1.98. The number of fused-ring (bicyclic) bond motifs is 1. The molecule has 13 heavy (non-hydrogen) atoms. The molecule has 2 aromatic heterocycles. The first-order chi connectivity index (χ1) is 6.31. The van der Waals surface area contributed by atoms with E-state index >= 15 is 0 Å². The SMILES string of the molecule is Cc1noc2ncc(C=NO)cc12. The van der Waals surface area contributed by atoms with Gasteiger partial charge in [0.05, 0.1) is 17.3 Å². The van der Waals surface area contributed by atoms with Gasteiger partial charge in [0.25, 0.3) is 5.71 Å². The Bertz CT molecular complexity index is 461. The Labute approximate surface area is 73.7 Å². The monoisotopic (exact) mass is 177 g/mol. The van der Waals surface area contributed by atoms with E-state index in [-0.39, 0.29) is 0 Å². The second-order valence-corrected chi connectivity index (χ2v) is 2.63. The van der Waals surface area contributed by atoms with E-state index in [4.69, 9.17) is 9.73 Å². The third-order valence-electron chi connectivity index (χ3n) is 1.74. The van der Waals surface area contributed by atoms with Crippen LogP contribution in [0.25, 0.3) is 11.1 Å². The quantitative estimate of drug-likeness (QED) is 0.405. The number of hydrogen-bond donors (Lipinski definition) is 1. The molecule has 5 nitrogen and oxygen atoms in total. The summed E-state index contributed by atoms with van der Waals surface area (Å²) >= 11 is 0. The predicted molar refractivity (Wildman–Crippen MR) is 45.9 cm³/mol. The molecule has 0 aliphatic carbocycles. The van der Waals surface area contributed by atoms with Crippen LogP contribution in [0.1, 0.15) is 11.3 Å². The number of rotatable bonds is 1. The van der Waals surface area contributed by atoms with Gasteiger partial charge < -0.3 is 9.73 Å². The molecule has 0 aromatic carbocycles. The van der Waals surface area contributed by atoms with Crippen molar-refractivity contribution in [3.8, 4) is 0 Å². The number of oxime groups is 1. The first kappa shape index (κ1) is 7.72. The minimum atomic E-state index is 0.493. The molecular weight excluding hydrogens is 170 g/mol. The Kier molecular flexibility index (Phi) is 1.70. The van der Waals surface area contributed by atoms with Crippen LogP contribution in [-0.4, -0.2) is 21.6 Å². The molecule has 0 fully saturated rings. The van der Waals surface area contributed by atoms with E-state index in [0.29, 0.717) is 11.3 Å². The molecule has 0 radical (unpaired) electrons. The fourth-order valence-corrected chi connectivity index (χ4v) is 1.10. The molecule has 2 aromatic rings. The number of nitrogens with zero attached hydrogens (tertiary/aromatic N) is 3. The van der Waals surface area contributed by atoms with Crippen LogP contribution >= 0.6 is 0 Å². The van der Waals surface area contributed by atoms with Crippen molar-refractivity contribution in [1.29, 1.82) is 0 Å². The van der Waals surface area contributed by atoms with Gasteiger partial charge in [0.1, 0.15) is 0 Å². The molecule has 2 heterocycles. The molecule has 0 atom stereocenters. The first-order valence-corrected chi connectivity index (χ1v) is 3.71. The fourth-order valence-electron chi connectivity index (χ4n) is 1.10. The van der Waals surface area contributed by atoms with Crippen LogP contribution in [0.2, 0.25) is 0 Å². The van der Waals surface area contributed by atoms with Gasteiger partial charge in [-0.1, -0.05) is 10.3 Å². The molecule has 5 heteroatoms. The highest BCUT2D eigenvalue weighted by molar-refractivity contribution is 5.86. The van der Waals surface area contributed by atoms with Crippen molar-refractivity contribution in [2.45, 2.75) is 6.92 Å². The van der Waals surface area contributed by atoms with Crippen molar-refractivity contribution in [2.24, 2.45) is 5.16 Å². The zero-order valence-corrected chi connectivity index (χ0v) is 6.93. The van der Waals surface area contributed by atoms with Gasteiger partial charge >= 0.3 is 0 Å². The molecular formula is C8H7N3O2. The number of hydrogen-bond acceptors (Lipinski definition) is 5. The van der Waals surface area contributed by atoms with Crippen molar-refractivity contribution in [1.82, 2.24) is 10.1 Å². The molecule has 0 amide bonds. The second-order valence-electron chi connectivity index (χ2n) is 2.63. The largest absolute Gasteiger partial charge is 0.411 e. The molecule has 0 spiro atoms. The minimum absolute atomic E-state index is 0.493. The van der Waals surface area contributed by atoms with Gasteiger partial charge in [-0.15, -0.1) is 0 Å². The normalized spacial score (nSPS) is 11.5. The van der Waals surface area contributed by atoms with Crippen LogP contribution in [0.5, 0.6) is 0 Å². The Morgan fingerprint density at radius 1 is 1.62 bits per heavy atom. The molecule has 66 valence electrons. The minimum Gasteiger partial charge on any atom is -0.411 e. The average Bonchev–Trinajstić information content (AvgIpc) is 2.49. The lowest BCUT2D eigenvalue weighted by molar-refractivity contribution is 0.322. The van der Waals surface area contributed by atoms with Crippen molar-refractivity contribution < 1.29 is 9.73 Å². The van der Waals surface area contributed by atoms with Crippen LogP contribution < -0.4 is 0 Å². The van der Waals surface area contributed by atoms with Gasteiger partial charge in [0, 0.05) is 11.8 Å². The zero-order valence-electron chi connectivity index (χ0n) is 6.93. The van der Waals surface area contributed by atoms with Gasteiger partial charge in [-0.25, -0.2) is 4.98 Å². The number of aromatic nitrogens is 2. The maximum absolute atomic E-state index is 8.31. The standard InChI is InChI=1S/C8H7N3O2/c1-5-7-2-6(4-10-12)3-9-8(7)13-11-5/h2-4,12H,1H3. The summed E-state index contributed by atoms with van der Waals surface area (Å²) < 4.78 is 4.91. The maximum Gasteiger partial charge on any atom is 0.257 e. The topological polar surface area (TPSA) is 71.5 Å². The third-order valence-corrected chi connectivity index (χ3v) is 1.74.